The van der Waals surface area contributed by atoms with Crippen LogP contribution in [0.25, 0.3) is 10.8 Å². The van der Waals surface area contributed by atoms with Gasteiger partial charge in [0.2, 0.25) is 0 Å². The number of aromatic nitrogens is 1. The Bertz CT molecular complexity index is 572. The molecule has 0 atom stereocenters. The number of hydrogen-bond donors (Lipinski definition) is 2. The smallest absolute Gasteiger partial charge is 0.256 e. The number of fused-ring (bicyclic) bond motifs is 1. The summed E-state index contributed by atoms with van der Waals surface area (Å²) in [5.41, 5.74) is 0.328. The third kappa shape index (κ3) is 1.34. The number of aromatic amines is 1. The van der Waals surface area contributed by atoms with Crippen molar-refractivity contribution in [2.24, 2.45) is 0 Å². The highest BCUT2D eigenvalue weighted by atomic mass is 16.5. The molecule has 0 spiro atoms. The van der Waals surface area contributed by atoms with Gasteiger partial charge in [-0.15, -0.1) is 0 Å². The van der Waals surface area contributed by atoms with Gasteiger partial charge in [0.25, 0.3) is 5.56 Å². The number of aryl methyl sites for hydroxylation is 1. The van der Waals surface area contributed by atoms with E-state index in [2.05, 4.69) is 4.98 Å². The molecule has 0 saturated carbocycles. The maximum absolute atomic E-state index is 11.5. The molecule has 1 heterocycles. The predicted octanol–water partition coefficient (Wildman–Crippen LogP) is 1.55. The van der Waals surface area contributed by atoms with Gasteiger partial charge < -0.3 is 14.8 Å². The first-order valence-electron chi connectivity index (χ1n) is 4.53. The number of aromatic hydroxyl groups is 1. The van der Waals surface area contributed by atoms with Crippen LogP contribution in [0.5, 0.6) is 11.5 Å². The Hall–Kier alpha value is -1.97. The number of phenols is 1. The van der Waals surface area contributed by atoms with E-state index in [1.54, 1.807) is 25.3 Å². The van der Waals surface area contributed by atoms with Gasteiger partial charge in [-0.2, -0.15) is 0 Å². The highest BCUT2D eigenvalue weighted by molar-refractivity contribution is 5.88. The zero-order valence-corrected chi connectivity index (χ0v) is 8.50. The average Bonchev–Trinajstić information content (AvgIpc) is 2.23. The minimum atomic E-state index is -0.206. The molecule has 78 valence electrons. The van der Waals surface area contributed by atoms with E-state index in [9.17, 15) is 9.90 Å². The molecule has 2 aromatic rings. The molecule has 0 radical (unpaired) electrons. The molecule has 15 heavy (non-hydrogen) atoms. The fourth-order valence-corrected chi connectivity index (χ4v) is 1.67. The van der Waals surface area contributed by atoms with Gasteiger partial charge in [-0.1, -0.05) is 0 Å². The highest BCUT2D eigenvalue weighted by Crippen LogP contribution is 2.33. The first-order valence-corrected chi connectivity index (χ1v) is 4.53. The molecule has 0 aliphatic carbocycles. The van der Waals surface area contributed by atoms with Gasteiger partial charge in [0, 0.05) is 11.8 Å². The largest absolute Gasteiger partial charge is 0.504 e. The molecule has 0 amide bonds. The second-order valence-electron chi connectivity index (χ2n) is 3.32. The summed E-state index contributed by atoms with van der Waals surface area (Å²) in [7, 11) is 1.48. The van der Waals surface area contributed by atoms with Crippen LogP contribution in [-0.4, -0.2) is 17.2 Å². The maximum atomic E-state index is 11.5. The van der Waals surface area contributed by atoms with Crippen molar-refractivity contribution in [3.05, 3.63) is 34.2 Å². The molecule has 0 aliphatic rings. The van der Waals surface area contributed by atoms with Gasteiger partial charge in [0.15, 0.2) is 11.5 Å². The van der Waals surface area contributed by atoms with Crippen LogP contribution in [0.2, 0.25) is 0 Å². The molecule has 0 aliphatic heterocycles. The third-order valence-electron chi connectivity index (χ3n) is 2.46. The monoisotopic (exact) mass is 205 g/mol. The van der Waals surface area contributed by atoms with Crippen molar-refractivity contribution in [2.45, 2.75) is 6.92 Å². The SMILES string of the molecule is COc1cc2cc[nH]c(=O)c2c(C)c1O. The minimum absolute atomic E-state index is 0.0155. The van der Waals surface area contributed by atoms with Crippen LogP contribution in [-0.2, 0) is 0 Å². The van der Waals surface area contributed by atoms with Crippen LogP contribution in [0.15, 0.2) is 23.1 Å². The van der Waals surface area contributed by atoms with Gasteiger partial charge >= 0.3 is 0 Å². The van der Waals surface area contributed by atoms with Crippen LogP contribution in [0.3, 0.4) is 0 Å². The predicted molar refractivity (Wildman–Crippen MR) is 57.5 cm³/mol. The summed E-state index contributed by atoms with van der Waals surface area (Å²) in [4.78, 5) is 14.1. The van der Waals surface area contributed by atoms with Gasteiger partial charge in [-0.25, -0.2) is 0 Å². The number of methoxy groups -OCH3 is 1. The van der Waals surface area contributed by atoms with Crippen molar-refractivity contribution in [3.63, 3.8) is 0 Å². The number of phenolic OH excluding ortho intramolecular Hbond substituents is 1. The van der Waals surface area contributed by atoms with E-state index in [1.165, 1.54) is 7.11 Å². The normalized spacial score (nSPS) is 10.5. The lowest BCUT2D eigenvalue weighted by molar-refractivity contribution is 0.372. The molecule has 2 rings (SSSR count). The number of rotatable bonds is 1. The van der Waals surface area contributed by atoms with Crippen LogP contribution in [0.1, 0.15) is 5.56 Å². The zero-order valence-electron chi connectivity index (χ0n) is 8.50. The Morgan fingerprint density at radius 2 is 2.20 bits per heavy atom. The lowest BCUT2D eigenvalue weighted by Gasteiger charge is -2.08. The van der Waals surface area contributed by atoms with Crippen molar-refractivity contribution in [1.29, 1.82) is 0 Å². The van der Waals surface area contributed by atoms with E-state index < -0.39 is 0 Å². The summed E-state index contributed by atoms with van der Waals surface area (Å²) in [5.74, 6) is 0.396. The topological polar surface area (TPSA) is 62.3 Å². The number of pyridine rings is 1. The summed E-state index contributed by atoms with van der Waals surface area (Å²) in [6, 6.07) is 3.42. The molecule has 4 heteroatoms. The van der Waals surface area contributed by atoms with Crippen molar-refractivity contribution >= 4 is 10.8 Å². The number of nitrogens with one attached hydrogen (secondary N) is 1. The van der Waals surface area contributed by atoms with Crippen LogP contribution < -0.4 is 10.3 Å². The Morgan fingerprint density at radius 1 is 1.47 bits per heavy atom. The maximum Gasteiger partial charge on any atom is 0.256 e. The standard InChI is InChI=1S/C11H11NO3/c1-6-9-7(3-4-12-11(9)14)5-8(15-2)10(6)13/h3-5,13H,1-2H3,(H,12,14). The quantitative estimate of drug-likeness (QED) is 0.742. The third-order valence-corrected chi connectivity index (χ3v) is 2.46. The van der Waals surface area contributed by atoms with Gasteiger partial charge in [-0.3, -0.25) is 4.79 Å². The molecular weight excluding hydrogens is 194 g/mol. The Morgan fingerprint density at radius 3 is 2.87 bits per heavy atom. The van der Waals surface area contributed by atoms with E-state index in [4.69, 9.17) is 4.74 Å². The lowest BCUT2D eigenvalue weighted by Crippen LogP contribution is -2.06. The molecule has 0 saturated heterocycles. The highest BCUT2D eigenvalue weighted by Gasteiger charge is 2.11. The van der Waals surface area contributed by atoms with E-state index >= 15 is 0 Å². The van der Waals surface area contributed by atoms with E-state index in [0.717, 1.165) is 5.39 Å². The summed E-state index contributed by atoms with van der Waals surface area (Å²) in [6.07, 6.45) is 1.57. The lowest BCUT2D eigenvalue weighted by atomic mass is 10.1. The average molecular weight is 205 g/mol. The van der Waals surface area contributed by atoms with Gasteiger partial charge in [0.05, 0.1) is 12.5 Å². The first kappa shape index (κ1) is 9.58. The Balaban J connectivity index is 2.97. The van der Waals surface area contributed by atoms with Crippen LogP contribution >= 0.6 is 0 Å². The molecule has 1 aromatic heterocycles. The molecule has 4 nitrogen and oxygen atoms in total. The number of H-pyrrole nitrogens is 1. The van der Waals surface area contributed by atoms with E-state index in [-0.39, 0.29) is 11.3 Å². The van der Waals surface area contributed by atoms with Crippen molar-refractivity contribution in [3.8, 4) is 11.5 Å². The number of benzene rings is 1. The summed E-state index contributed by atoms with van der Waals surface area (Å²) in [6.45, 7) is 1.69. The van der Waals surface area contributed by atoms with Gasteiger partial charge in [0.1, 0.15) is 0 Å². The first-order chi connectivity index (χ1) is 7.15. The second-order valence-corrected chi connectivity index (χ2v) is 3.32. The zero-order chi connectivity index (χ0) is 11.0. The summed E-state index contributed by atoms with van der Waals surface area (Å²) >= 11 is 0. The molecule has 1 aromatic carbocycles. The van der Waals surface area contributed by atoms with Crippen LogP contribution in [0, 0.1) is 6.92 Å². The van der Waals surface area contributed by atoms with Crippen molar-refractivity contribution in [1.82, 2.24) is 4.98 Å². The van der Waals surface area contributed by atoms with Crippen molar-refractivity contribution in [2.75, 3.05) is 7.11 Å². The number of hydrogen-bond acceptors (Lipinski definition) is 3. The Kier molecular flexibility index (Phi) is 2.11. The van der Waals surface area contributed by atoms with Crippen LogP contribution in [0.4, 0.5) is 0 Å². The fourth-order valence-electron chi connectivity index (χ4n) is 1.67. The molecule has 0 bridgehead atoms. The minimum Gasteiger partial charge on any atom is -0.504 e. The van der Waals surface area contributed by atoms with Crippen molar-refractivity contribution < 1.29 is 9.84 Å². The molecule has 0 unspecified atom stereocenters. The summed E-state index contributed by atoms with van der Waals surface area (Å²) in [5, 5.41) is 11.0. The Labute approximate surface area is 86.1 Å². The summed E-state index contributed by atoms with van der Waals surface area (Å²) < 4.78 is 5.01. The molecule has 2 N–H and O–H groups in total. The fraction of sp³-hybridized carbons (Fsp3) is 0.182. The van der Waals surface area contributed by atoms with E-state index in [1.807, 2.05) is 0 Å². The molecule has 0 fully saturated rings. The van der Waals surface area contributed by atoms with Gasteiger partial charge in [-0.05, 0) is 24.4 Å². The molecular formula is C11H11NO3. The number of ether oxygens (including phenoxy) is 1. The van der Waals surface area contributed by atoms with E-state index in [0.29, 0.717) is 16.7 Å². The second kappa shape index (κ2) is 3.31.